The van der Waals surface area contributed by atoms with E-state index in [1.807, 2.05) is 21.1 Å². The van der Waals surface area contributed by atoms with Gasteiger partial charge in [0, 0.05) is 12.8 Å². The highest BCUT2D eigenvalue weighted by atomic mass is 16.7. The molecule has 0 saturated heterocycles. The van der Waals surface area contributed by atoms with Gasteiger partial charge in [-0.05, 0) is 135 Å². The number of ether oxygens (including phenoxy) is 4. The molecular weight excluding hydrogens is 1010 g/mol. The molecule has 0 aromatic carbocycles. The largest absolute Gasteiger partial charge is 0.477 e. The summed E-state index contributed by atoms with van der Waals surface area (Å²) >= 11 is 0. The summed E-state index contributed by atoms with van der Waals surface area (Å²) in [5, 5.41) is 9.71. The molecule has 2 unspecified atom stereocenters. The minimum absolute atomic E-state index is 0.168. The molecule has 9 nitrogen and oxygen atoms in total. The van der Waals surface area contributed by atoms with E-state index < -0.39 is 24.3 Å². The Balaban J connectivity index is 4.32. The average molecular weight is 1120 g/mol. The van der Waals surface area contributed by atoms with Crippen LogP contribution in [0.15, 0.2) is 170 Å². The third kappa shape index (κ3) is 62.1. The number of esters is 2. The number of carbonyl (C=O) groups excluding carboxylic acids is 2. The summed E-state index contributed by atoms with van der Waals surface area (Å²) in [5.41, 5.74) is 0. The molecule has 81 heavy (non-hydrogen) atoms. The molecule has 0 saturated carbocycles. The molecule has 0 heterocycles. The first kappa shape index (κ1) is 75.7. The number of quaternary nitrogens is 1. The van der Waals surface area contributed by atoms with Gasteiger partial charge in [-0.25, -0.2) is 4.79 Å². The Kier molecular flexibility index (Phi) is 56.7. The van der Waals surface area contributed by atoms with Gasteiger partial charge in [-0.3, -0.25) is 9.59 Å². The lowest BCUT2D eigenvalue weighted by molar-refractivity contribution is -0.870. The maximum atomic E-state index is 12.9. The summed E-state index contributed by atoms with van der Waals surface area (Å²) in [6, 6.07) is 0. The molecule has 0 radical (unpaired) electrons. The van der Waals surface area contributed by atoms with Crippen LogP contribution in [0.2, 0.25) is 0 Å². The number of carboxylic acids is 1. The number of aliphatic carboxylic acids is 1. The van der Waals surface area contributed by atoms with E-state index in [4.69, 9.17) is 18.9 Å². The monoisotopic (exact) mass is 1120 g/mol. The van der Waals surface area contributed by atoms with Crippen molar-refractivity contribution in [1.82, 2.24) is 0 Å². The molecule has 0 amide bonds. The summed E-state index contributed by atoms with van der Waals surface area (Å²) < 4.78 is 22.8. The van der Waals surface area contributed by atoms with E-state index >= 15 is 0 Å². The summed E-state index contributed by atoms with van der Waals surface area (Å²) in [6.07, 6.45) is 88.8. The normalized spacial score (nSPS) is 13.9. The first-order valence-corrected chi connectivity index (χ1v) is 31.3. The maximum absolute atomic E-state index is 12.9. The van der Waals surface area contributed by atoms with Crippen molar-refractivity contribution in [2.75, 3.05) is 47.5 Å². The Hall–Kier alpha value is -5.35. The fraction of sp³-hybridized carbons (Fsp3) is 0.569. The Morgan fingerprint density at radius 2 is 0.704 bits per heavy atom. The number of nitrogens with zero attached hydrogens (tertiary/aromatic N) is 1. The number of unbranched alkanes of at least 4 members (excludes halogenated alkanes) is 12. The Labute approximate surface area is 495 Å². The third-order valence-electron chi connectivity index (χ3n) is 12.5. The number of likely N-dealkylation sites (N-methyl/N-ethyl adjacent to an activating group) is 1. The van der Waals surface area contributed by atoms with Gasteiger partial charge in [-0.15, -0.1) is 0 Å². The Bertz CT molecular complexity index is 1930. The van der Waals surface area contributed by atoms with Crippen LogP contribution in [0.25, 0.3) is 0 Å². The van der Waals surface area contributed by atoms with Crippen LogP contribution in [0.1, 0.15) is 206 Å². The lowest BCUT2D eigenvalue weighted by Gasteiger charge is -2.25. The molecule has 0 bridgehead atoms. The SMILES string of the molecule is CC/C=C\C/C=C\C/C=C\C/C=C\C/C=C\C/C=C\C/C=C\C/C=C\C/C=C\C/C=C\C/C=C\C/C=C\CCCCC(=O)OC(COC(=O)CCCCCCCCC/C=C\C/C=C\CCCCC)COC(OCC[N+](C)(C)C)C(=O)O. The zero-order valence-corrected chi connectivity index (χ0v) is 51.6. The van der Waals surface area contributed by atoms with Gasteiger partial charge < -0.3 is 28.5 Å². The van der Waals surface area contributed by atoms with E-state index in [9.17, 15) is 19.5 Å². The summed E-state index contributed by atoms with van der Waals surface area (Å²) in [7, 11) is 5.94. The quantitative estimate of drug-likeness (QED) is 0.0211. The van der Waals surface area contributed by atoms with Crippen molar-refractivity contribution in [3.05, 3.63) is 170 Å². The third-order valence-corrected chi connectivity index (χ3v) is 12.5. The minimum Gasteiger partial charge on any atom is -0.477 e. The van der Waals surface area contributed by atoms with Crippen molar-refractivity contribution in [3.63, 3.8) is 0 Å². The molecule has 0 aromatic heterocycles. The van der Waals surface area contributed by atoms with Gasteiger partial charge in [0.1, 0.15) is 13.2 Å². The molecule has 454 valence electrons. The zero-order chi connectivity index (χ0) is 59.1. The smallest absolute Gasteiger partial charge is 0.361 e. The van der Waals surface area contributed by atoms with Crippen LogP contribution in [0.5, 0.6) is 0 Å². The van der Waals surface area contributed by atoms with Crippen molar-refractivity contribution in [3.8, 4) is 0 Å². The first-order chi connectivity index (χ1) is 39.6. The van der Waals surface area contributed by atoms with Gasteiger partial charge in [0.15, 0.2) is 6.10 Å². The van der Waals surface area contributed by atoms with E-state index in [1.54, 1.807) is 0 Å². The molecule has 0 aliphatic heterocycles. The van der Waals surface area contributed by atoms with E-state index in [0.717, 1.165) is 128 Å². The maximum Gasteiger partial charge on any atom is 0.361 e. The van der Waals surface area contributed by atoms with Crippen molar-refractivity contribution >= 4 is 17.9 Å². The number of carbonyl (C=O) groups is 3. The molecule has 1 N–H and O–H groups in total. The molecule has 2 atom stereocenters. The Morgan fingerprint density at radius 3 is 1.07 bits per heavy atom. The van der Waals surface area contributed by atoms with E-state index in [1.165, 1.54) is 44.9 Å². The van der Waals surface area contributed by atoms with Crippen molar-refractivity contribution in [1.29, 1.82) is 0 Å². The fourth-order valence-corrected chi connectivity index (χ4v) is 7.67. The van der Waals surface area contributed by atoms with Gasteiger partial charge in [-0.2, -0.15) is 0 Å². The number of rotatable bonds is 55. The van der Waals surface area contributed by atoms with Gasteiger partial charge in [0.2, 0.25) is 0 Å². The molecular formula is C72H114NO8+. The zero-order valence-electron chi connectivity index (χ0n) is 51.6. The van der Waals surface area contributed by atoms with E-state index in [0.29, 0.717) is 17.4 Å². The minimum atomic E-state index is -1.54. The Morgan fingerprint density at radius 1 is 0.383 bits per heavy atom. The lowest BCUT2D eigenvalue weighted by atomic mass is 10.1. The van der Waals surface area contributed by atoms with Gasteiger partial charge in [0.05, 0.1) is 34.4 Å². The average Bonchev–Trinajstić information content (AvgIpc) is 3.44. The van der Waals surface area contributed by atoms with Crippen molar-refractivity contribution < 1.29 is 42.9 Å². The first-order valence-electron chi connectivity index (χ1n) is 31.3. The summed E-state index contributed by atoms with van der Waals surface area (Å²) in [6.45, 7) is 4.65. The predicted molar refractivity (Wildman–Crippen MR) is 345 cm³/mol. The predicted octanol–water partition coefficient (Wildman–Crippen LogP) is 19.1. The summed E-state index contributed by atoms with van der Waals surface area (Å²) in [5.74, 6) is -2.10. The lowest BCUT2D eigenvalue weighted by Crippen LogP contribution is -2.40. The molecule has 0 aliphatic rings. The molecule has 0 spiro atoms. The van der Waals surface area contributed by atoms with Crippen LogP contribution in [0.4, 0.5) is 0 Å². The highest BCUT2D eigenvalue weighted by Gasteiger charge is 2.25. The second kappa shape index (κ2) is 60.7. The standard InChI is InChI=1S/C72H113NO8/c1-6-8-10-12-14-16-18-20-22-24-25-26-27-28-29-30-31-32-33-34-35-36-37-38-39-40-41-42-43-44-45-47-49-51-53-55-57-59-61-63-70(75)81-68(67-80-72(71(76)77)78-65-64-73(3,4)5)66-79-69(74)62-60-58-56-54-52-50-48-46-23-21-19-17-15-13-11-9-7-2/h8,10,14-17,20-23,25-26,28-29,31-32,34-35,37-38,40-41,43-44,47,49,53,55,68,72H,6-7,9,11-13,18-19,24,27,30,33,36,39,42,45-46,48,50-52,54,56-67H2,1-5H3/p+1/b10-8-,16-14-,17-15-,22-20-,23-21-,26-25-,29-28-,32-31-,35-34-,38-37-,41-40-,44-43-,49-47-,55-53-. The molecule has 9 heteroatoms. The van der Waals surface area contributed by atoms with Crippen LogP contribution in [-0.2, 0) is 33.3 Å². The molecule has 0 rings (SSSR count). The second-order valence-electron chi connectivity index (χ2n) is 21.3. The highest BCUT2D eigenvalue weighted by Crippen LogP contribution is 2.13. The molecule has 0 aliphatic carbocycles. The number of carboxylic acid groups (broad SMARTS) is 1. The van der Waals surface area contributed by atoms with Gasteiger partial charge >= 0.3 is 17.9 Å². The topological polar surface area (TPSA) is 108 Å². The molecule has 0 aromatic rings. The van der Waals surface area contributed by atoms with Crippen LogP contribution in [0.3, 0.4) is 0 Å². The second-order valence-corrected chi connectivity index (χ2v) is 21.3. The number of hydrogen-bond donors (Lipinski definition) is 1. The van der Waals surface area contributed by atoms with Gasteiger partial charge in [-0.1, -0.05) is 229 Å². The van der Waals surface area contributed by atoms with Gasteiger partial charge in [0.25, 0.3) is 6.29 Å². The van der Waals surface area contributed by atoms with Crippen LogP contribution in [0, 0.1) is 0 Å². The highest BCUT2D eigenvalue weighted by molar-refractivity contribution is 5.71. The van der Waals surface area contributed by atoms with E-state index in [-0.39, 0.29) is 38.6 Å². The van der Waals surface area contributed by atoms with Crippen molar-refractivity contribution in [2.24, 2.45) is 0 Å². The van der Waals surface area contributed by atoms with Crippen LogP contribution in [-0.4, -0.2) is 87.4 Å². The van der Waals surface area contributed by atoms with Crippen molar-refractivity contribution in [2.45, 2.75) is 219 Å². The van der Waals surface area contributed by atoms with E-state index in [2.05, 4.69) is 184 Å². The van der Waals surface area contributed by atoms with Crippen LogP contribution >= 0.6 is 0 Å². The molecule has 0 fully saturated rings. The summed E-state index contributed by atoms with van der Waals surface area (Å²) in [4.78, 5) is 37.4. The number of hydrogen-bond acceptors (Lipinski definition) is 7. The number of allylic oxidation sites excluding steroid dienone is 28. The fourth-order valence-electron chi connectivity index (χ4n) is 7.67. The van der Waals surface area contributed by atoms with Crippen LogP contribution < -0.4 is 0 Å².